The van der Waals surface area contributed by atoms with Crippen molar-refractivity contribution in [1.82, 2.24) is 14.4 Å². The molecule has 0 unspecified atom stereocenters. The Hall–Kier alpha value is -2.08. The van der Waals surface area contributed by atoms with Gasteiger partial charge in [0.2, 0.25) is 0 Å². The molecule has 0 aliphatic carbocycles. The van der Waals surface area contributed by atoms with E-state index in [1.807, 2.05) is 23.7 Å². The third-order valence-corrected chi connectivity index (χ3v) is 3.44. The molecule has 3 aromatic rings. The number of thiazole rings is 1. The highest BCUT2D eigenvalue weighted by Crippen LogP contribution is 2.27. The first-order valence-electron chi connectivity index (χ1n) is 5.02. The average molecular weight is 247 g/mol. The minimum atomic E-state index is -0.957. The first kappa shape index (κ1) is 10.1. The molecule has 17 heavy (non-hydrogen) atoms. The second kappa shape index (κ2) is 3.46. The van der Waals surface area contributed by atoms with Gasteiger partial charge in [-0.3, -0.25) is 4.40 Å². The zero-order valence-corrected chi connectivity index (χ0v) is 9.78. The number of aromatic carboxylic acids is 1. The van der Waals surface area contributed by atoms with Gasteiger partial charge in [-0.25, -0.2) is 9.78 Å². The number of carboxylic acids is 1. The molecule has 0 aromatic carbocycles. The van der Waals surface area contributed by atoms with Crippen molar-refractivity contribution in [2.75, 3.05) is 0 Å². The highest BCUT2D eigenvalue weighted by Gasteiger charge is 2.20. The summed E-state index contributed by atoms with van der Waals surface area (Å²) in [5.74, 6) is -0.957. The van der Waals surface area contributed by atoms with E-state index < -0.39 is 5.97 Å². The molecule has 0 amide bonds. The molecule has 0 radical (unpaired) electrons. The third kappa shape index (κ3) is 1.38. The van der Waals surface area contributed by atoms with E-state index in [2.05, 4.69) is 9.97 Å². The zero-order chi connectivity index (χ0) is 12.0. The standard InChI is InChI=1S/C11H9N3O2S/c1-6-9(10(15)16)14-8(5-17-11(14)13-6)7-3-2-4-12-7/h2-5,12H,1H3,(H,15,16). The van der Waals surface area contributed by atoms with Gasteiger partial charge in [0, 0.05) is 11.6 Å². The van der Waals surface area contributed by atoms with Gasteiger partial charge in [0.25, 0.3) is 0 Å². The van der Waals surface area contributed by atoms with Crippen molar-refractivity contribution in [3.05, 3.63) is 35.1 Å². The van der Waals surface area contributed by atoms with Crippen LogP contribution in [0.25, 0.3) is 16.3 Å². The number of hydrogen-bond donors (Lipinski definition) is 2. The van der Waals surface area contributed by atoms with Crippen LogP contribution in [0.5, 0.6) is 0 Å². The topological polar surface area (TPSA) is 70.4 Å². The molecule has 6 heteroatoms. The quantitative estimate of drug-likeness (QED) is 0.730. The lowest BCUT2D eigenvalue weighted by atomic mass is 10.3. The van der Waals surface area contributed by atoms with Gasteiger partial charge < -0.3 is 10.1 Å². The van der Waals surface area contributed by atoms with Crippen LogP contribution >= 0.6 is 11.3 Å². The van der Waals surface area contributed by atoms with Crippen molar-refractivity contribution >= 4 is 22.3 Å². The first-order chi connectivity index (χ1) is 8.18. The summed E-state index contributed by atoms with van der Waals surface area (Å²) in [6, 6.07) is 3.78. The number of rotatable bonds is 2. The largest absolute Gasteiger partial charge is 0.477 e. The Morgan fingerprint density at radius 1 is 1.59 bits per heavy atom. The van der Waals surface area contributed by atoms with Gasteiger partial charge in [-0.2, -0.15) is 0 Å². The lowest BCUT2D eigenvalue weighted by molar-refractivity contribution is 0.0688. The van der Waals surface area contributed by atoms with Crippen molar-refractivity contribution in [3.8, 4) is 11.4 Å². The summed E-state index contributed by atoms with van der Waals surface area (Å²) < 4.78 is 1.67. The molecule has 0 spiro atoms. The minimum absolute atomic E-state index is 0.228. The lowest BCUT2D eigenvalue weighted by Gasteiger charge is -1.99. The molecule has 0 atom stereocenters. The highest BCUT2D eigenvalue weighted by molar-refractivity contribution is 7.15. The third-order valence-electron chi connectivity index (χ3n) is 2.61. The smallest absolute Gasteiger partial charge is 0.354 e. The zero-order valence-electron chi connectivity index (χ0n) is 8.97. The Morgan fingerprint density at radius 2 is 2.41 bits per heavy atom. The van der Waals surface area contributed by atoms with E-state index in [1.165, 1.54) is 11.3 Å². The van der Waals surface area contributed by atoms with Gasteiger partial charge >= 0.3 is 5.97 Å². The van der Waals surface area contributed by atoms with Crippen LogP contribution in [0, 0.1) is 6.92 Å². The number of carboxylic acid groups (broad SMARTS) is 1. The Labute approximate surface area is 100 Å². The van der Waals surface area contributed by atoms with E-state index in [0.29, 0.717) is 10.7 Å². The second-order valence-corrected chi connectivity index (χ2v) is 4.51. The molecule has 86 valence electrons. The normalized spacial score (nSPS) is 11.1. The van der Waals surface area contributed by atoms with E-state index in [4.69, 9.17) is 0 Å². The molecule has 5 nitrogen and oxygen atoms in total. The monoisotopic (exact) mass is 247 g/mol. The van der Waals surface area contributed by atoms with Crippen LogP contribution < -0.4 is 0 Å². The van der Waals surface area contributed by atoms with Gasteiger partial charge in [0.15, 0.2) is 10.7 Å². The molecule has 3 rings (SSSR count). The van der Waals surface area contributed by atoms with E-state index in [-0.39, 0.29) is 5.69 Å². The summed E-state index contributed by atoms with van der Waals surface area (Å²) in [7, 11) is 0. The van der Waals surface area contributed by atoms with Gasteiger partial charge in [-0.15, -0.1) is 11.3 Å². The van der Waals surface area contributed by atoms with Crippen LogP contribution in [-0.2, 0) is 0 Å². The van der Waals surface area contributed by atoms with Gasteiger partial charge in [0.05, 0.1) is 17.1 Å². The molecular formula is C11H9N3O2S. The predicted molar refractivity (Wildman–Crippen MR) is 64.6 cm³/mol. The maximum absolute atomic E-state index is 11.3. The van der Waals surface area contributed by atoms with Gasteiger partial charge in [-0.1, -0.05) is 0 Å². The molecule has 3 aromatic heterocycles. The Bertz CT molecular complexity index is 694. The van der Waals surface area contributed by atoms with E-state index in [0.717, 1.165) is 11.4 Å². The number of aryl methyl sites for hydroxylation is 1. The second-order valence-electron chi connectivity index (χ2n) is 3.67. The molecule has 0 fully saturated rings. The van der Waals surface area contributed by atoms with Crippen LogP contribution in [0.4, 0.5) is 0 Å². The summed E-state index contributed by atoms with van der Waals surface area (Å²) in [6.45, 7) is 1.71. The van der Waals surface area contributed by atoms with Crippen molar-refractivity contribution in [1.29, 1.82) is 0 Å². The minimum Gasteiger partial charge on any atom is -0.477 e. The molecule has 2 N–H and O–H groups in total. The fourth-order valence-corrected chi connectivity index (χ4v) is 2.83. The molecule has 0 saturated heterocycles. The first-order valence-corrected chi connectivity index (χ1v) is 5.90. The highest BCUT2D eigenvalue weighted by atomic mass is 32.1. The number of aromatic nitrogens is 3. The molecule has 0 aliphatic heterocycles. The number of nitrogens with one attached hydrogen (secondary N) is 1. The number of fused-ring (bicyclic) bond motifs is 1. The van der Waals surface area contributed by atoms with E-state index in [1.54, 1.807) is 11.3 Å². The molecule has 3 heterocycles. The Kier molecular flexibility index (Phi) is 2.05. The van der Waals surface area contributed by atoms with Crippen LogP contribution in [-0.4, -0.2) is 25.4 Å². The van der Waals surface area contributed by atoms with Crippen LogP contribution in [0.2, 0.25) is 0 Å². The van der Waals surface area contributed by atoms with Crippen LogP contribution in [0.15, 0.2) is 23.7 Å². The van der Waals surface area contributed by atoms with E-state index in [9.17, 15) is 9.90 Å². The van der Waals surface area contributed by atoms with Crippen molar-refractivity contribution < 1.29 is 9.90 Å². The van der Waals surface area contributed by atoms with Crippen LogP contribution in [0.1, 0.15) is 16.2 Å². The summed E-state index contributed by atoms with van der Waals surface area (Å²) >= 11 is 1.43. The molecule has 0 saturated carbocycles. The number of hydrogen-bond acceptors (Lipinski definition) is 3. The maximum atomic E-state index is 11.3. The van der Waals surface area contributed by atoms with Crippen molar-refractivity contribution in [2.24, 2.45) is 0 Å². The molecular weight excluding hydrogens is 238 g/mol. The number of aromatic amines is 1. The van der Waals surface area contributed by atoms with Gasteiger partial charge in [0.1, 0.15) is 0 Å². The number of nitrogens with zero attached hydrogens (tertiary/aromatic N) is 2. The van der Waals surface area contributed by atoms with Crippen molar-refractivity contribution in [2.45, 2.75) is 6.92 Å². The number of imidazole rings is 1. The Morgan fingerprint density at radius 3 is 3.06 bits per heavy atom. The summed E-state index contributed by atoms with van der Waals surface area (Å²) in [5, 5.41) is 11.1. The summed E-state index contributed by atoms with van der Waals surface area (Å²) in [4.78, 5) is 19.3. The number of H-pyrrole nitrogens is 1. The average Bonchev–Trinajstić information content (AvgIpc) is 2.90. The molecule has 0 aliphatic rings. The fraction of sp³-hybridized carbons (Fsp3) is 0.0909. The maximum Gasteiger partial charge on any atom is 0.354 e. The molecule has 0 bridgehead atoms. The fourth-order valence-electron chi connectivity index (χ4n) is 1.89. The van der Waals surface area contributed by atoms with Crippen LogP contribution in [0.3, 0.4) is 0 Å². The predicted octanol–water partition coefficient (Wildman–Crippen LogP) is 2.40. The SMILES string of the molecule is Cc1nc2scc(-c3ccc[nH]3)n2c1C(=O)O. The van der Waals surface area contributed by atoms with Gasteiger partial charge in [-0.05, 0) is 19.1 Å². The summed E-state index contributed by atoms with van der Waals surface area (Å²) in [6.07, 6.45) is 1.81. The summed E-state index contributed by atoms with van der Waals surface area (Å²) in [5.41, 5.74) is 2.48. The van der Waals surface area contributed by atoms with Crippen molar-refractivity contribution in [3.63, 3.8) is 0 Å². The lowest BCUT2D eigenvalue weighted by Crippen LogP contribution is -2.04. The number of carbonyl (C=O) groups is 1. The Balaban J connectivity index is 2.37. The van der Waals surface area contributed by atoms with E-state index >= 15 is 0 Å².